The first-order chi connectivity index (χ1) is 14.2. The maximum atomic E-state index is 13.5. The highest BCUT2D eigenvalue weighted by atomic mass is 19.1. The SMILES string of the molecule is CN[C@H]1CCCC[C@@H](NC(=O)N2CCc3ccccc3[C@@H]2c2ccc(F)cc2)C1. The molecule has 154 valence electrons. The molecule has 2 aliphatic rings. The van der Waals surface area contributed by atoms with Crippen molar-refractivity contribution in [1.82, 2.24) is 15.5 Å². The number of rotatable bonds is 3. The third-order valence-electron chi connectivity index (χ3n) is 6.39. The van der Waals surface area contributed by atoms with Gasteiger partial charge in [0.15, 0.2) is 0 Å². The second-order valence-corrected chi connectivity index (χ2v) is 8.25. The Hall–Kier alpha value is -2.40. The normalized spacial score (nSPS) is 24.5. The topological polar surface area (TPSA) is 44.4 Å². The number of carbonyl (C=O) groups excluding carboxylic acids is 1. The molecule has 0 spiro atoms. The smallest absolute Gasteiger partial charge is 0.318 e. The minimum absolute atomic E-state index is 0.0180. The number of benzene rings is 2. The predicted octanol–water partition coefficient (Wildman–Crippen LogP) is 4.40. The molecule has 2 aromatic carbocycles. The van der Waals surface area contributed by atoms with E-state index in [2.05, 4.69) is 22.8 Å². The van der Waals surface area contributed by atoms with Crippen LogP contribution >= 0.6 is 0 Å². The van der Waals surface area contributed by atoms with Gasteiger partial charge in [0, 0.05) is 18.6 Å². The Morgan fingerprint density at radius 3 is 2.52 bits per heavy atom. The van der Waals surface area contributed by atoms with E-state index in [1.165, 1.54) is 24.1 Å². The van der Waals surface area contributed by atoms with Crippen molar-refractivity contribution in [1.29, 1.82) is 0 Å². The van der Waals surface area contributed by atoms with Crippen LogP contribution in [-0.4, -0.2) is 36.6 Å². The van der Waals surface area contributed by atoms with Crippen LogP contribution in [0.4, 0.5) is 9.18 Å². The number of hydrogen-bond acceptors (Lipinski definition) is 2. The highest BCUT2D eigenvalue weighted by molar-refractivity contribution is 5.76. The van der Waals surface area contributed by atoms with E-state index < -0.39 is 0 Å². The standard InChI is InChI=1S/C24H30FN3O/c1-26-20-7-3-4-8-21(16-20)27-24(29)28-15-14-17-6-2-5-9-22(17)23(28)18-10-12-19(25)13-11-18/h2,5-6,9-13,20-21,23,26H,3-4,7-8,14-16H2,1H3,(H,27,29)/t20-,21+,23-/m0/s1. The van der Waals surface area contributed by atoms with Crippen molar-refractivity contribution in [2.75, 3.05) is 13.6 Å². The summed E-state index contributed by atoms with van der Waals surface area (Å²) in [5, 5.41) is 6.69. The molecule has 0 radical (unpaired) electrons. The molecule has 0 unspecified atom stereocenters. The molecule has 5 heteroatoms. The molecule has 0 bridgehead atoms. The highest BCUT2D eigenvalue weighted by Gasteiger charge is 2.33. The first kappa shape index (κ1) is 19.9. The lowest BCUT2D eigenvalue weighted by molar-refractivity contribution is 0.174. The van der Waals surface area contributed by atoms with Crippen molar-refractivity contribution in [2.24, 2.45) is 0 Å². The second-order valence-electron chi connectivity index (χ2n) is 8.25. The van der Waals surface area contributed by atoms with Crippen LogP contribution in [0.1, 0.15) is 54.8 Å². The summed E-state index contributed by atoms with van der Waals surface area (Å²) in [7, 11) is 2.00. The molecule has 1 heterocycles. The summed E-state index contributed by atoms with van der Waals surface area (Å²) < 4.78 is 13.5. The Kier molecular flexibility index (Phi) is 6.14. The van der Waals surface area contributed by atoms with Crippen molar-refractivity contribution in [2.45, 2.75) is 56.7 Å². The van der Waals surface area contributed by atoms with Crippen LogP contribution < -0.4 is 10.6 Å². The van der Waals surface area contributed by atoms with Gasteiger partial charge in [-0.3, -0.25) is 0 Å². The number of amides is 2. The van der Waals surface area contributed by atoms with Gasteiger partial charge in [0.05, 0.1) is 6.04 Å². The molecule has 2 amide bonds. The number of urea groups is 1. The Morgan fingerprint density at radius 2 is 1.76 bits per heavy atom. The fourth-order valence-corrected chi connectivity index (χ4v) is 4.80. The maximum Gasteiger partial charge on any atom is 0.318 e. The van der Waals surface area contributed by atoms with Gasteiger partial charge in [0.2, 0.25) is 0 Å². The lowest BCUT2D eigenvalue weighted by Crippen LogP contribution is -2.50. The average molecular weight is 396 g/mol. The number of nitrogens with one attached hydrogen (secondary N) is 2. The minimum atomic E-state index is -0.259. The van der Waals surface area contributed by atoms with Crippen LogP contribution in [-0.2, 0) is 6.42 Å². The zero-order chi connectivity index (χ0) is 20.2. The fraction of sp³-hybridized carbons (Fsp3) is 0.458. The molecular formula is C24H30FN3O. The molecule has 1 aliphatic heterocycles. The predicted molar refractivity (Wildman–Crippen MR) is 113 cm³/mol. The molecule has 2 N–H and O–H groups in total. The summed E-state index contributed by atoms with van der Waals surface area (Å²) in [6.45, 7) is 0.660. The minimum Gasteiger partial charge on any atom is -0.335 e. The maximum absolute atomic E-state index is 13.5. The molecule has 1 aliphatic carbocycles. The van der Waals surface area contributed by atoms with Crippen molar-refractivity contribution in [3.05, 3.63) is 71.0 Å². The summed E-state index contributed by atoms with van der Waals surface area (Å²) in [4.78, 5) is 15.3. The molecule has 3 atom stereocenters. The summed E-state index contributed by atoms with van der Waals surface area (Å²) >= 11 is 0. The van der Waals surface area contributed by atoms with E-state index in [0.717, 1.165) is 43.2 Å². The monoisotopic (exact) mass is 395 g/mol. The fourth-order valence-electron chi connectivity index (χ4n) is 4.80. The molecular weight excluding hydrogens is 365 g/mol. The summed E-state index contributed by atoms with van der Waals surface area (Å²) in [5.41, 5.74) is 3.34. The third-order valence-corrected chi connectivity index (χ3v) is 6.39. The largest absolute Gasteiger partial charge is 0.335 e. The van der Waals surface area contributed by atoms with E-state index >= 15 is 0 Å². The van der Waals surface area contributed by atoms with Crippen molar-refractivity contribution >= 4 is 6.03 Å². The lowest BCUT2D eigenvalue weighted by atomic mass is 9.88. The van der Waals surface area contributed by atoms with E-state index in [4.69, 9.17) is 0 Å². The third kappa shape index (κ3) is 4.45. The lowest BCUT2D eigenvalue weighted by Gasteiger charge is -2.38. The molecule has 29 heavy (non-hydrogen) atoms. The quantitative estimate of drug-likeness (QED) is 0.757. The van der Waals surface area contributed by atoms with E-state index in [0.29, 0.717) is 12.6 Å². The molecule has 1 fully saturated rings. The number of halogens is 1. The van der Waals surface area contributed by atoms with E-state index in [1.54, 1.807) is 12.1 Å². The Labute approximate surface area is 172 Å². The van der Waals surface area contributed by atoms with Crippen LogP contribution in [0, 0.1) is 5.82 Å². The zero-order valence-corrected chi connectivity index (χ0v) is 17.0. The van der Waals surface area contributed by atoms with Gasteiger partial charge in [-0.05, 0) is 61.6 Å². The molecule has 0 saturated heterocycles. The average Bonchev–Trinajstić information content (AvgIpc) is 2.98. The van der Waals surface area contributed by atoms with Gasteiger partial charge in [0.25, 0.3) is 0 Å². The highest BCUT2D eigenvalue weighted by Crippen LogP contribution is 2.35. The van der Waals surface area contributed by atoms with Crippen LogP contribution in [0.5, 0.6) is 0 Å². The Morgan fingerprint density at radius 1 is 1.03 bits per heavy atom. The molecule has 0 aromatic heterocycles. The number of nitrogens with zero attached hydrogens (tertiary/aromatic N) is 1. The number of carbonyl (C=O) groups is 1. The Balaban J connectivity index is 1.59. The Bertz CT molecular complexity index is 838. The number of fused-ring (bicyclic) bond motifs is 1. The van der Waals surface area contributed by atoms with E-state index in [-0.39, 0.29) is 23.9 Å². The van der Waals surface area contributed by atoms with Crippen LogP contribution in [0.2, 0.25) is 0 Å². The van der Waals surface area contributed by atoms with Crippen molar-refractivity contribution in [3.63, 3.8) is 0 Å². The van der Waals surface area contributed by atoms with Gasteiger partial charge in [-0.15, -0.1) is 0 Å². The molecule has 2 aromatic rings. The summed E-state index contributed by atoms with van der Waals surface area (Å²) in [6.07, 6.45) is 6.34. The number of hydrogen-bond donors (Lipinski definition) is 2. The first-order valence-electron chi connectivity index (χ1n) is 10.7. The van der Waals surface area contributed by atoms with Crippen LogP contribution in [0.15, 0.2) is 48.5 Å². The van der Waals surface area contributed by atoms with Gasteiger partial charge in [-0.25, -0.2) is 9.18 Å². The molecule has 4 nitrogen and oxygen atoms in total. The summed E-state index contributed by atoms with van der Waals surface area (Å²) in [5.74, 6) is -0.259. The van der Waals surface area contributed by atoms with Gasteiger partial charge in [-0.1, -0.05) is 49.2 Å². The van der Waals surface area contributed by atoms with E-state index in [9.17, 15) is 9.18 Å². The van der Waals surface area contributed by atoms with Gasteiger partial charge in [-0.2, -0.15) is 0 Å². The van der Waals surface area contributed by atoms with Gasteiger partial charge in [0.1, 0.15) is 5.82 Å². The van der Waals surface area contributed by atoms with Crippen LogP contribution in [0.25, 0.3) is 0 Å². The molecule has 1 saturated carbocycles. The molecule has 4 rings (SSSR count). The zero-order valence-electron chi connectivity index (χ0n) is 17.0. The van der Waals surface area contributed by atoms with Crippen molar-refractivity contribution < 1.29 is 9.18 Å². The van der Waals surface area contributed by atoms with E-state index in [1.807, 2.05) is 24.1 Å². The van der Waals surface area contributed by atoms with Crippen molar-refractivity contribution in [3.8, 4) is 0 Å². The van der Waals surface area contributed by atoms with Crippen LogP contribution in [0.3, 0.4) is 0 Å². The van der Waals surface area contributed by atoms with Gasteiger partial charge >= 0.3 is 6.03 Å². The summed E-state index contributed by atoms with van der Waals surface area (Å²) in [6, 6.07) is 15.3. The van der Waals surface area contributed by atoms with Gasteiger partial charge < -0.3 is 15.5 Å². The first-order valence-corrected chi connectivity index (χ1v) is 10.7. The second kappa shape index (κ2) is 8.95.